The molecule has 8 heteroatoms. The first-order chi connectivity index (χ1) is 11.7. The minimum Gasteiger partial charge on any atom is -0.391 e. The number of nitrogens with zero attached hydrogens (tertiary/aromatic N) is 5. The Balaban J connectivity index is 1.70. The second-order valence-electron chi connectivity index (χ2n) is 6.01. The van der Waals surface area contributed by atoms with E-state index in [9.17, 15) is 5.11 Å². The summed E-state index contributed by atoms with van der Waals surface area (Å²) < 4.78 is 7.41. The number of hydrogen-bond acceptors (Lipinski definition) is 7. The highest BCUT2D eigenvalue weighted by molar-refractivity contribution is 7.97. The van der Waals surface area contributed by atoms with Gasteiger partial charge in [0.05, 0.1) is 22.9 Å². The Hall–Kier alpha value is -2.06. The molecule has 0 spiro atoms. The average Bonchev–Trinajstić information content (AvgIpc) is 3.27. The van der Waals surface area contributed by atoms with E-state index in [1.165, 1.54) is 0 Å². The van der Waals surface area contributed by atoms with E-state index >= 15 is 0 Å². The fourth-order valence-corrected chi connectivity index (χ4v) is 3.46. The number of fused-ring (bicyclic) bond motifs is 1. The molecule has 2 aromatic heterocycles. The van der Waals surface area contributed by atoms with Crippen molar-refractivity contribution in [1.29, 1.82) is 0 Å². The molecular weight excluding hydrogens is 326 g/mol. The van der Waals surface area contributed by atoms with Crippen LogP contribution in [0.25, 0.3) is 22.5 Å². The lowest BCUT2D eigenvalue weighted by Gasteiger charge is -2.16. The molecule has 126 valence electrons. The number of anilines is 1. The Kier molecular flexibility index (Phi) is 3.93. The van der Waals surface area contributed by atoms with Gasteiger partial charge in [0, 0.05) is 25.7 Å². The van der Waals surface area contributed by atoms with Crippen molar-refractivity contribution in [2.75, 3.05) is 24.2 Å². The summed E-state index contributed by atoms with van der Waals surface area (Å²) in [7, 11) is 2.00. The first-order valence-electron chi connectivity index (χ1n) is 7.87. The van der Waals surface area contributed by atoms with Gasteiger partial charge >= 0.3 is 0 Å². The quantitative estimate of drug-likeness (QED) is 0.775. The Bertz CT molecular complexity index is 875. The standard InChI is InChI=1S/C16H19N5O2S/c1-20-13-4-3-10(15-18-14(9-24-2)19-23-15)7-12(13)17-16(20)21-6-5-11(22)8-21/h3-4,7,11,22H,5-6,8-9H2,1-2H3/t11-/m0/s1. The molecule has 7 nitrogen and oxygen atoms in total. The Morgan fingerprint density at radius 3 is 3.00 bits per heavy atom. The first-order valence-corrected chi connectivity index (χ1v) is 9.26. The Morgan fingerprint density at radius 2 is 2.25 bits per heavy atom. The Morgan fingerprint density at radius 1 is 1.38 bits per heavy atom. The molecule has 0 unspecified atom stereocenters. The molecule has 0 amide bonds. The molecule has 0 radical (unpaired) electrons. The molecule has 0 bridgehead atoms. The minimum absolute atomic E-state index is 0.270. The number of thioether (sulfide) groups is 1. The maximum Gasteiger partial charge on any atom is 0.258 e. The number of benzene rings is 1. The number of β-amino-alcohol motifs (C(OH)–C–C–N with tert-alkyl or cyclic N) is 1. The third-order valence-corrected chi connectivity index (χ3v) is 4.84. The lowest BCUT2D eigenvalue weighted by Crippen LogP contribution is -2.24. The normalized spacial score (nSPS) is 18.0. The van der Waals surface area contributed by atoms with Gasteiger partial charge in [-0.25, -0.2) is 4.98 Å². The number of imidazole rings is 1. The van der Waals surface area contributed by atoms with Gasteiger partial charge < -0.3 is 19.1 Å². The van der Waals surface area contributed by atoms with E-state index < -0.39 is 0 Å². The maximum atomic E-state index is 9.76. The highest BCUT2D eigenvalue weighted by Crippen LogP contribution is 2.28. The fourth-order valence-electron chi connectivity index (χ4n) is 3.09. The third-order valence-electron chi connectivity index (χ3n) is 4.29. The molecule has 1 fully saturated rings. The summed E-state index contributed by atoms with van der Waals surface area (Å²) in [6, 6.07) is 5.97. The SMILES string of the molecule is CSCc1noc(-c2ccc3c(c2)nc(N2CC[C@H](O)C2)n3C)n1. The monoisotopic (exact) mass is 345 g/mol. The van der Waals surface area contributed by atoms with Gasteiger partial charge in [0.1, 0.15) is 0 Å². The van der Waals surface area contributed by atoms with E-state index in [1.54, 1.807) is 11.8 Å². The van der Waals surface area contributed by atoms with Crippen molar-refractivity contribution < 1.29 is 9.63 Å². The van der Waals surface area contributed by atoms with Gasteiger partial charge in [0.2, 0.25) is 5.95 Å². The summed E-state index contributed by atoms with van der Waals surface area (Å²) in [5.41, 5.74) is 2.79. The first kappa shape index (κ1) is 15.5. The summed E-state index contributed by atoms with van der Waals surface area (Å²) in [6.45, 7) is 1.46. The van der Waals surface area contributed by atoms with Gasteiger partial charge in [0.15, 0.2) is 5.82 Å². The van der Waals surface area contributed by atoms with E-state index in [0.29, 0.717) is 18.3 Å². The van der Waals surface area contributed by atoms with Gasteiger partial charge in [-0.3, -0.25) is 0 Å². The molecule has 3 aromatic rings. The van der Waals surface area contributed by atoms with Crippen LogP contribution in [0.1, 0.15) is 12.2 Å². The van der Waals surface area contributed by atoms with Crippen LogP contribution in [0.3, 0.4) is 0 Å². The molecule has 1 N–H and O–H groups in total. The second-order valence-corrected chi connectivity index (χ2v) is 6.88. The number of aromatic nitrogens is 4. The van der Waals surface area contributed by atoms with Crippen LogP contribution in [-0.4, -0.2) is 50.2 Å². The zero-order valence-electron chi connectivity index (χ0n) is 13.6. The van der Waals surface area contributed by atoms with Crippen molar-refractivity contribution in [1.82, 2.24) is 19.7 Å². The molecular formula is C16H19N5O2S. The van der Waals surface area contributed by atoms with Crippen LogP contribution in [0, 0.1) is 0 Å². The molecule has 3 heterocycles. The highest BCUT2D eigenvalue weighted by Gasteiger charge is 2.24. The highest BCUT2D eigenvalue weighted by atomic mass is 32.2. The minimum atomic E-state index is -0.270. The van der Waals surface area contributed by atoms with Crippen molar-refractivity contribution in [3.05, 3.63) is 24.0 Å². The van der Waals surface area contributed by atoms with Crippen LogP contribution in [-0.2, 0) is 12.8 Å². The van der Waals surface area contributed by atoms with Gasteiger partial charge in [-0.2, -0.15) is 16.7 Å². The molecule has 4 rings (SSSR count). The molecule has 24 heavy (non-hydrogen) atoms. The summed E-state index contributed by atoms with van der Waals surface area (Å²) >= 11 is 1.66. The van der Waals surface area contributed by atoms with Gasteiger partial charge in [-0.15, -0.1) is 0 Å². The van der Waals surface area contributed by atoms with Crippen LogP contribution in [0.15, 0.2) is 22.7 Å². The lowest BCUT2D eigenvalue weighted by molar-refractivity contribution is 0.198. The molecule has 1 aliphatic rings. The number of rotatable bonds is 4. The summed E-state index contributed by atoms with van der Waals surface area (Å²) in [6.07, 6.45) is 2.52. The molecule has 1 aromatic carbocycles. The van der Waals surface area contributed by atoms with E-state index in [4.69, 9.17) is 9.51 Å². The van der Waals surface area contributed by atoms with Crippen LogP contribution in [0.4, 0.5) is 5.95 Å². The molecule has 0 aliphatic carbocycles. The summed E-state index contributed by atoms with van der Waals surface area (Å²) in [5.74, 6) is 2.83. The zero-order valence-corrected chi connectivity index (χ0v) is 14.5. The van der Waals surface area contributed by atoms with Crippen LogP contribution in [0.2, 0.25) is 0 Å². The predicted octanol–water partition coefficient (Wildman–Crippen LogP) is 2.06. The summed E-state index contributed by atoms with van der Waals surface area (Å²) in [4.78, 5) is 11.3. The average molecular weight is 345 g/mol. The number of aliphatic hydroxyl groups is 1. The third kappa shape index (κ3) is 2.65. The van der Waals surface area contributed by atoms with Gasteiger partial charge in [-0.05, 0) is 30.9 Å². The van der Waals surface area contributed by atoms with Crippen LogP contribution < -0.4 is 4.90 Å². The molecule has 0 saturated carbocycles. The van der Waals surface area contributed by atoms with Crippen LogP contribution >= 0.6 is 11.8 Å². The van der Waals surface area contributed by atoms with E-state index in [2.05, 4.69) is 19.6 Å². The predicted molar refractivity (Wildman–Crippen MR) is 94.1 cm³/mol. The van der Waals surface area contributed by atoms with Crippen LogP contribution in [0.5, 0.6) is 0 Å². The Labute approximate surface area is 143 Å². The van der Waals surface area contributed by atoms with Crippen molar-refractivity contribution in [3.8, 4) is 11.5 Å². The topological polar surface area (TPSA) is 80.2 Å². The van der Waals surface area contributed by atoms with Crippen molar-refractivity contribution in [2.24, 2.45) is 7.05 Å². The smallest absolute Gasteiger partial charge is 0.258 e. The van der Waals surface area contributed by atoms with Crippen molar-refractivity contribution >= 4 is 28.7 Å². The fraction of sp³-hybridized carbons (Fsp3) is 0.438. The largest absolute Gasteiger partial charge is 0.391 e. The van der Waals surface area contributed by atoms with E-state index in [-0.39, 0.29) is 6.10 Å². The zero-order chi connectivity index (χ0) is 16.7. The molecule has 1 aliphatic heterocycles. The number of aryl methyl sites for hydroxylation is 1. The van der Waals surface area contributed by atoms with Crippen molar-refractivity contribution in [2.45, 2.75) is 18.3 Å². The molecule has 1 atom stereocenters. The van der Waals surface area contributed by atoms with Gasteiger partial charge in [0.25, 0.3) is 5.89 Å². The number of aliphatic hydroxyl groups excluding tert-OH is 1. The summed E-state index contributed by atoms with van der Waals surface area (Å²) in [5, 5.41) is 13.7. The molecule has 1 saturated heterocycles. The lowest BCUT2D eigenvalue weighted by atomic mass is 10.2. The number of hydrogen-bond donors (Lipinski definition) is 1. The van der Waals surface area contributed by atoms with Crippen molar-refractivity contribution in [3.63, 3.8) is 0 Å². The second kappa shape index (κ2) is 6.10. The van der Waals surface area contributed by atoms with E-state index in [0.717, 1.165) is 41.3 Å². The van der Waals surface area contributed by atoms with Gasteiger partial charge in [-0.1, -0.05) is 5.16 Å². The maximum absolute atomic E-state index is 9.76. The van der Waals surface area contributed by atoms with E-state index in [1.807, 2.05) is 31.5 Å².